The molecule has 0 aromatic heterocycles. The summed E-state index contributed by atoms with van der Waals surface area (Å²) in [6.07, 6.45) is 0.0878. The molecule has 0 heterocycles. The van der Waals surface area contributed by atoms with Crippen molar-refractivity contribution in [1.29, 1.82) is 0 Å². The van der Waals surface area contributed by atoms with Crippen LogP contribution in [0.3, 0.4) is 0 Å². The van der Waals surface area contributed by atoms with Crippen LogP contribution in [-0.4, -0.2) is 12.1 Å². The van der Waals surface area contributed by atoms with Gasteiger partial charge < -0.3 is 9.57 Å². The van der Waals surface area contributed by atoms with Crippen LogP contribution in [-0.2, 0) is 4.84 Å². The Labute approximate surface area is 149 Å². The lowest BCUT2D eigenvalue weighted by Gasteiger charge is -2.12. The zero-order valence-electron chi connectivity index (χ0n) is 15.2. The Morgan fingerprint density at radius 2 is 1.48 bits per heavy atom. The number of ether oxygens (including phenoxy) is 1. The molecule has 0 aliphatic rings. The van der Waals surface area contributed by atoms with Crippen molar-refractivity contribution in [1.82, 2.24) is 5.48 Å². The van der Waals surface area contributed by atoms with E-state index >= 15 is 0 Å². The molecule has 0 saturated carbocycles. The average molecular weight is 339 g/mol. The molecule has 0 aliphatic carbocycles. The molecule has 2 aromatic rings. The van der Waals surface area contributed by atoms with Crippen LogP contribution in [0, 0.1) is 0 Å². The third-order valence-corrected chi connectivity index (χ3v) is 3.65. The Hall–Kier alpha value is -2.75. The summed E-state index contributed by atoms with van der Waals surface area (Å²) in [5.41, 5.74) is 5.71. The molecule has 4 nitrogen and oxygen atoms in total. The van der Waals surface area contributed by atoms with E-state index in [1.807, 2.05) is 38.1 Å². The Bertz CT molecular complexity index is 716. The second-order valence-corrected chi connectivity index (χ2v) is 6.44. The molecule has 25 heavy (non-hydrogen) atoms. The fourth-order valence-corrected chi connectivity index (χ4v) is 2.24. The molecule has 1 N–H and O–H groups in total. The van der Waals surface area contributed by atoms with Gasteiger partial charge in [0.15, 0.2) is 0 Å². The molecule has 0 radical (unpaired) electrons. The summed E-state index contributed by atoms with van der Waals surface area (Å²) < 4.78 is 5.55. The summed E-state index contributed by atoms with van der Waals surface area (Å²) in [6, 6.07) is 14.8. The first-order valence-electron chi connectivity index (χ1n) is 8.40. The maximum Gasteiger partial charge on any atom is 0.362 e. The molecule has 4 heteroatoms. The molecule has 0 aliphatic heterocycles. The van der Waals surface area contributed by atoms with Crippen LogP contribution in [0.15, 0.2) is 55.1 Å². The van der Waals surface area contributed by atoms with Crippen LogP contribution >= 0.6 is 0 Å². The van der Waals surface area contributed by atoms with Crippen LogP contribution in [0.1, 0.15) is 55.1 Å². The van der Waals surface area contributed by atoms with Crippen LogP contribution in [0.2, 0.25) is 0 Å². The number of nitrogens with one attached hydrogen (secondary N) is 1. The lowest BCUT2D eigenvalue weighted by atomic mass is 10.0. The summed E-state index contributed by atoms with van der Waals surface area (Å²) >= 11 is 0. The van der Waals surface area contributed by atoms with Gasteiger partial charge in [0, 0.05) is 5.56 Å². The van der Waals surface area contributed by atoms with E-state index in [0.717, 1.165) is 5.56 Å². The number of rotatable bonds is 7. The van der Waals surface area contributed by atoms with Crippen LogP contribution in [0.25, 0.3) is 5.70 Å². The molecule has 0 saturated heterocycles. The van der Waals surface area contributed by atoms with Gasteiger partial charge in [-0.05, 0) is 49.6 Å². The molecular formula is C21H25NO3. The van der Waals surface area contributed by atoms with Gasteiger partial charge >= 0.3 is 5.97 Å². The summed E-state index contributed by atoms with van der Waals surface area (Å²) in [5, 5.41) is 0. The predicted octanol–water partition coefficient (Wildman–Crippen LogP) is 4.93. The van der Waals surface area contributed by atoms with E-state index in [1.165, 1.54) is 5.56 Å². The highest BCUT2D eigenvalue weighted by Crippen LogP contribution is 2.18. The van der Waals surface area contributed by atoms with Crippen LogP contribution in [0.4, 0.5) is 0 Å². The average Bonchev–Trinajstić information content (AvgIpc) is 2.59. The Morgan fingerprint density at radius 1 is 0.920 bits per heavy atom. The number of hydroxylamine groups is 1. The molecule has 0 bridgehead atoms. The predicted molar refractivity (Wildman–Crippen MR) is 100 cm³/mol. The topological polar surface area (TPSA) is 47.6 Å². The molecular weight excluding hydrogens is 314 g/mol. The lowest BCUT2D eigenvalue weighted by molar-refractivity contribution is 0.0369. The highest BCUT2D eigenvalue weighted by atomic mass is 16.7. The van der Waals surface area contributed by atoms with E-state index in [2.05, 4.69) is 25.9 Å². The number of hydrogen-bond acceptors (Lipinski definition) is 4. The largest absolute Gasteiger partial charge is 0.491 e. The van der Waals surface area contributed by atoms with Crippen molar-refractivity contribution in [3.63, 3.8) is 0 Å². The van der Waals surface area contributed by atoms with E-state index < -0.39 is 5.97 Å². The zero-order valence-corrected chi connectivity index (χ0v) is 15.2. The Balaban J connectivity index is 1.91. The van der Waals surface area contributed by atoms with E-state index in [0.29, 0.717) is 22.9 Å². The normalized spacial score (nSPS) is 10.6. The quantitative estimate of drug-likeness (QED) is 0.727. The SMILES string of the molecule is C=C(NOC(=O)c1ccc(OC(C)C)cc1)c1ccc(C(C)C)cc1. The van der Waals surface area contributed by atoms with Crippen molar-refractivity contribution in [2.45, 2.75) is 39.7 Å². The Kier molecular flexibility index (Phi) is 6.23. The first kappa shape index (κ1) is 18.6. The molecule has 0 amide bonds. The van der Waals surface area contributed by atoms with E-state index in [1.54, 1.807) is 24.3 Å². The van der Waals surface area contributed by atoms with Gasteiger partial charge in [-0.1, -0.05) is 44.7 Å². The summed E-state index contributed by atoms with van der Waals surface area (Å²) in [5.74, 6) is 0.709. The van der Waals surface area contributed by atoms with Crippen molar-refractivity contribution in [2.75, 3.05) is 0 Å². The van der Waals surface area contributed by atoms with Gasteiger partial charge in [-0.15, -0.1) is 0 Å². The molecule has 0 unspecified atom stereocenters. The standard InChI is InChI=1S/C21H25NO3/c1-14(2)17-6-8-18(9-7-17)16(5)22-25-21(23)19-10-12-20(13-11-19)24-15(3)4/h6-15,22H,5H2,1-4H3. The number of hydrogen-bond donors (Lipinski definition) is 1. The summed E-state index contributed by atoms with van der Waals surface area (Å²) in [4.78, 5) is 17.2. The summed E-state index contributed by atoms with van der Waals surface area (Å²) in [7, 11) is 0. The first-order chi connectivity index (χ1) is 11.9. The van der Waals surface area contributed by atoms with Crippen molar-refractivity contribution < 1.29 is 14.4 Å². The van der Waals surface area contributed by atoms with Crippen LogP contribution in [0.5, 0.6) is 5.75 Å². The van der Waals surface area contributed by atoms with Crippen molar-refractivity contribution >= 4 is 11.7 Å². The first-order valence-corrected chi connectivity index (χ1v) is 8.40. The number of carbonyl (C=O) groups excluding carboxylic acids is 1. The second-order valence-electron chi connectivity index (χ2n) is 6.44. The van der Waals surface area contributed by atoms with Gasteiger partial charge in [-0.2, -0.15) is 0 Å². The van der Waals surface area contributed by atoms with Crippen molar-refractivity contribution in [3.8, 4) is 5.75 Å². The zero-order chi connectivity index (χ0) is 18.4. The maximum absolute atomic E-state index is 12.1. The third kappa shape index (κ3) is 5.38. The molecule has 2 rings (SSSR count). The van der Waals surface area contributed by atoms with Gasteiger partial charge in [-0.3, -0.25) is 0 Å². The van der Waals surface area contributed by atoms with Crippen molar-refractivity contribution in [2.24, 2.45) is 0 Å². The minimum Gasteiger partial charge on any atom is -0.491 e. The monoisotopic (exact) mass is 339 g/mol. The second kappa shape index (κ2) is 8.38. The smallest absolute Gasteiger partial charge is 0.362 e. The number of carbonyl (C=O) groups is 1. The fraction of sp³-hybridized carbons (Fsp3) is 0.286. The highest BCUT2D eigenvalue weighted by Gasteiger charge is 2.09. The van der Waals surface area contributed by atoms with E-state index in [4.69, 9.17) is 9.57 Å². The molecule has 2 aromatic carbocycles. The molecule has 132 valence electrons. The summed E-state index contributed by atoms with van der Waals surface area (Å²) in [6.45, 7) is 12.1. The van der Waals surface area contributed by atoms with E-state index in [9.17, 15) is 4.79 Å². The minimum absolute atomic E-state index is 0.0878. The Morgan fingerprint density at radius 3 is 2.00 bits per heavy atom. The third-order valence-electron chi connectivity index (χ3n) is 3.65. The molecule has 0 spiro atoms. The van der Waals surface area contributed by atoms with Gasteiger partial charge in [0.1, 0.15) is 5.75 Å². The van der Waals surface area contributed by atoms with Crippen molar-refractivity contribution in [3.05, 3.63) is 71.8 Å². The van der Waals surface area contributed by atoms with Gasteiger partial charge in [-0.25, -0.2) is 10.3 Å². The van der Waals surface area contributed by atoms with E-state index in [-0.39, 0.29) is 6.10 Å². The maximum atomic E-state index is 12.1. The molecule has 0 atom stereocenters. The van der Waals surface area contributed by atoms with Gasteiger partial charge in [0.2, 0.25) is 0 Å². The van der Waals surface area contributed by atoms with Gasteiger partial charge in [0.25, 0.3) is 0 Å². The number of benzene rings is 2. The lowest BCUT2D eigenvalue weighted by Crippen LogP contribution is -2.18. The fourth-order valence-electron chi connectivity index (χ4n) is 2.24. The molecule has 0 fully saturated rings. The van der Waals surface area contributed by atoms with Gasteiger partial charge in [0.05, 0.1) is 17.4 Å². The van der Waals surface area contributed by atoms with Crippen LogP contribution < -0.4 is 10.2 Å². The highest BCUT2D eigenvalue weighted by molar-refractivity contribution is 5.89. The minimum atomic E-state index is -0.476.